The molecule has 98 valence electrons. The van der Waals surface area contributed by atoms with Gasteiger partial charge in [0.25, 0.3) is 0 Å². The predicted octanol–water partition coefficient (Wildman–Crippen LogP) is 4.72. The number of rotatable bonds is 5. The average Bonchev–Trinajstić information content (AvgIpc) is 2.53. The van der Waals surface area contributed by atoms with Gasteiger partial charge in [0.15, 0.2) is 0 Å². The maximum absolute atomic E-state index is 4.39. The summed E-state index contributed by atoms with van der Waals surface area (Å²) in [5, 5.41) is 0. The van der Waals surface area contributed by atoms with Crippen molar-refractivity contribution in [3.05, 3.63) is 73.4 Å². The molecule has 0 unspecified atom stereocenters. The van der Waals surface area contributed by atoms with E-state index in [2.05, 4.69) is 36.3 Å². The van der Waals surface area contributed by atoms with Crippen LogP contribution in [0.3, 0.4) is 0 Å². The molecule has 2 aromatic rings. The fourth-order valence-electron chi connectivity index (χ4n) is 1.90. The minimum atomic E-state index is 0.814. The van der Waals surface area contributed by atoms with Crippen LogP contribution in [-0.2, 0) is 0 Å². The van der Waals surface area contributed by atoms with Crippen molar-refractivity contribution in [1.82, 2.24) is 9.97 Å². The standard InChI is InChI=1S/C18H16N2/c1-5-15-9-13(10-16(6-2)19-15)14-11-17(7-3)20-18(8-4)12-14/h5-12H,1-4H2. The van der Waals surface area contributed by atoms with E-state index in [1.807, 2.05) is 24.3 Å². The van der Waals surface area contributed by atoms with Gasteiger partial charge in [-0.3, -0.25) is 0 Å². The molecule has 0 spiro atoms. The smallest absolute Gasteiger partial charge is 0.0637 e. The third kappa shape index (κ3) is 2.81. The fraction of sp³-hybridized carbons (Fsp3) is 0. The zero-order valence-electron chi connectivity index (χ0n) is 11.3. The fourth-order valence-corrected chi connectivity index (χ4v) is 1.90. The Morgan fingerprint density at radius 3 is 1.00 bits per heavy atom. The van der Waals surface area contributed by atoms with Crippen LogP contribution in [-0.4, -0.2) is 9.97 Å². The zero-order valence-corrected chi connectivity index (χ0v) is 11.3. The van der Waals surface area contributed by atoms with Crippen LogP contribution in [0.15, 0.2) is 50.6 Å². The van der Waals surface area contributed by atoms with Crippen molar-refractivity contribution in [2.75, 3.05) is 0 Å². The summed E-state index contributed by atoms with van der Waals surface area (Å²) >= 11 is 0. The van der Waals surface area contributed by atoms with Gasteiger partial charge in [0, 0.05) is 0 Å². The first-order valence-corrected chi connectivity index (χ1v) is 6.24. The molecule has 2 aromatic heterocycles. The van der Waals surface area contributed by atoms with Crippen LogP contribution in [0.4, 0.5) is 0 Å². The normalized spacial score (nSPS) is 9.80. The van der Waals surface area contributed by atoms with Crippen molar-refractivity contribution in [2.24, 2.45) is 0 Å². The molecule has 0 atom stereocenters. The molecule has 0 aliphatic rings. The summed E-state index contributed by atoms with van der Waals surface area (Å²) in [6, 6.07) is 7.92. The van der Waals surface area contributed by atoms with E-state index in [1.165, 1.54) is 0 Å². The molecule has 2 heterocycles. The van der Waals surface area contributed by atoms with Gasteiger partial charge in [-0.25, -0.2) is 9.97 Å². The minimum Gasteiger partial charge on any atom is -0.249 e. The molecule has 20 heavy (non-hydrogen) atoms. The molecule has 0 saturated heterocycles. The molecule has 0 saturated carbocycles. The lowest BCUT2D eigenvalue weighted by Crippen LogP contribution is -1.92. The maximum atomic E-state index is 4.39. The number of pyridine rings is 2. The minimum absolute atomic E-state index is 0.814. The Morgan fingerprint density at radius 2 is 0.800 bits per heavy atom. The lowest BCUT2D eigenvalue weighted by atomic mass is 10.0. The summed E-state index contributed by atoms with van der Waals surface area (Å²) in [7, 11) is 0. The Hall–Kier alpha value is -2.74. The van der Waals surface area contributed by atoms with E-state index < -0.39 is 0 Å². The van der Waals surface area contributed by atoms with Crippen molar-refractivity contribution in [1.29, 1.82) is 0 Å². The third-order valence-electron chi connectivity index (χ3n) is 2.90. The van der Waals surface area contributed by atoms with Gasteiger partial charge < -0.3 is 0 Å². The van der Waals surface area contributed by atoms with Gasteiger partial charge in [0.05, 0.1) is 22.8 Å². The molecule has 0 N–H and O–H groups in total. The highest BCUT2D eigenvalue weighted by atomic mass is 14.7. The molecule has 0 fully saturated rings. The molecule has 0 bridgehead atoms. The highest BCUT2D eigenvalue weighted by Crippen LogP contribution is 2.24. The van der Waals surface area contributed by atoms with E-state index >= 15 is 0 Å². The molecule has 2 heteroatoms. The van der Waals surface area contributed by atoms with Gasteiger partial charge in [-0.2, -0.15) is 0 Å². The highest BCUT2D eigenvalue weighted by Gasteiger charge is 2.05. The monoisotopic (exact) mass is 260 g/mol. The summed E-state index contributed by atoms with van der Waals surface area (Å²) in [5.41, 5.74) is 5.34. The van der Waals surface area contributed by atoms with Gasteiger partial charge in [-0.05, 0) is 59.7 Å². The van der Waals surface area contributed by atoms with E-state index in [9.17, 15) is 0 Å². The van der Waals surface area contributed by atoms with Crippen LogP contribution >= 0.6 is 0 Å². The van der Waals surface area contributed by atoms with E-state index in [4.69, 9.17) is 0 Å². The summed E-state index contributed by atoms with van der Waals surface area (Å²) < 4.78 is 0. The van der Waals surface area contributed by atoms with Crippen LogP contribution in [0.2, 0.25) is 0 Å². The topological polar surface area (TPSA) is 25.8 Å². The van der Waals surface area contributed by atoms with Crippen molar-refractivity contribution < 1.29 is 0 Å². The highest BCUT2D eigenvalue weighted by molar-refractivity contribution is 5.72. The number of nitrogens with zero attached hydrogens (tertiary/aromatic N) is 2. The second-order valence-electron chi connectivity index (χ2n) is 4.23. The Labute approximate surface area is 119 Å². The molecule has 0 amide bonds. The van der Waals surface area contributed by atoms with Gasteiger partial charge >= 0.3 is 0 Å². The molecule has 2 rings (SSSR count). The molecule has 2 nitrogen and oxygen atoms in total. The largest absolute Gasteiger partial charge is 0.249 e. The summed E-state index contributed by atoms with van der Waals surface area (Å²) in [6.45, 7) is 15.1. The van der Waals surface area contributed by atoms with Gasteiger partial charge in [0.2, 0.25) is 0 Å². The summed E-state index contributed by atoms with van der Waals surface area (Å²) in [6.07, 6.45) is 6.89. The van der Waals surface area contributed by atoms with Crippen molar-refractivity contribution in [2.45, 2.75) is 0 Å². The molecular weight excluding hydrogens is 244 g/mol. The van der Waals surface area contributed by atoms with Crippen molar-refractivity contribution in [3.63, 3.8) is 0 Å². The Morgan fingerprint density at radius 1 is 0.550 bits per heavy atom. The molecule has 0 aromatic carbocycles. The Bertz CT molecular complexity index is 583. The molecular formula is C18H16N2. The number of aromatic nitrogens is 2. The van der Waals surface area contributed by atoms with Crippen molar-refractivity contribution >= 4 is 24.3 Å². The predicted molar refractivity (Wildman–Crippen MR) is 87.8 cm³/mol. The van der Waals surface area contributed by atoms with E-state index in [0.717, 1.165) is 33.9 Å². The SMILES string of the molecule is C=Cc1cc(-c2cc(C=C)nc(C=C)c2)cc(C=C)n1. The third-order valence-corrected chi connectivity index (χ3v) is 2.90. The Balaban J connectivity index is 2.66. The van der Waals surface area contributed by atoms with Crippen LogP contribution in [0.5, 0.6) is 0 Å². The first kappa shape index (κ1) is 13.7. The zero-order chi connectivity index (χ0) is 14.5. The molecule has 0 aliphatic carbocycles. The van der Waals surface area contributed by atoms with Gasteiger partial charge in [-0.1, -0.05) is 26.3 Å². The second-order valence-corrected chi connectivity index (χ2v) is 4.23. The molecule has 0 aliphatic heterocycles. The van der Waals surface area contributed by atoms with E-state index in [1.54, 1.807) is 24.3 Å². The van der Waals surface area contributed by atoms with Crippen molar-refractivity contribution in [3.8, 4) is 11.1 Å². The maximum Gasteiger partial charge on any atom is 0.0637 e. The number of hydrogen-bond donors (Lipinski definition) is 0. The number of hydrogen-bond acceptors (Lipinski definition) is 2. The lowest BCUT2D eigenvalue weighted by molar-refractivity contribution is 1.25. The van der Waals surface area contributed by atoms with Gasteiger partial charge in [0.1, 0.15) is 0 Å². The van der Waals surface area contributed by atoms with Crippen LogP contribution in [0, 0.1) is 0 Å². The first-order valence-electron chi connectivity index (χ1n) is 6.24. The van der Waals surface area contributed by atoms with Gasteiger partial charge in [-0.15, -0.1) is 0 Å². The first-order chi connectivity index (χ1) is 9.69. The van der Waals surface area contributed by atoms with Crippen LogP contribution in [0.25, 0.3) is 35.4 Å². The summed E-state index contributed by atoms with van der Waals surface area (Å²) in [5.74, 6) is 0. The Kier molecular flexibility index (Phi) is 4.06. The lowest BCUT2D eigenvalue weighted by Gasteiger charge is -2.07. The van der Waals surface area contributed by atoms with E-state index in [-0.39, 0.29) is 0 Å². The summed E-state index contributed by atoms with van der Waals surface area (Å²) in [4.78, 5) is 8.78. The quantitative estimate of drug-likeness (QED) is 0.777. The van der Waals surface area contributed by atoms with Crippen LogP contribution < -0.4 is 0 Å². The van der Waals surface area contributed by atoms with Crippen LogP contribution in [0.1, 0.15) is 22.8 Å². The second kappa shape index (κ2) is 5.93. The van der Waals surface area contributed by atoms with E-state index in [0.29, 0.717) is 0 Å². The average molecular weight is 260 g/mol. The molecule has 0 radical (unpaired) electrons.